The minimum Gasteiger partial charge on any atom is -0.496 e. The van der Waals surface area contributed by atoms with E-state index < -0.39 is 0 Å². The van der Waals surface area contributed by atoms with E-state index in [4.69, 9.17) is 9.47 Å². The monoisotopic (exact) mass is 315 g/mol. The average Bonchev–Trinajstić information content (AvgIpc) is 2.38. The first-order valence-electron chi connectivity index (χ1n) is 6.37. The molecule has 102 valence electrons. The second-order valence-corrected chi connectivity index (χ2v) is 4.99. The number of ether oxygens (including phenoxy) is 2. The largest absolute Gasteiger partial charge is 0.496 e. The molecule has 3 nitrogen and oxygen atoms in total. The van der Waals surface area contributed by atoms with Gasteiger partial charge in [-0.2, -0.15) is 0 Å². The van der Waals surface area contributed by atoms with Crippen molar-refractivity contribution in [2.75, 3.05) is 26.9 Å². The molecule has 0 aliphatic rings. The zero-order chi connectivity index (χ0) is 13.4. The SMILES string of the molecule is CCCOCC(NCC)c1ccc(Br)cc1OC. The molecule has 1 unspecified atom stereocenters. The molecule has 0 aliphatic carbocycles. The lowest BCUT2D eigenvalue weighted by Gasteiger charge is -2.21. The van der Waals surface area contributed by atoms with Crippen LogP contribution in [0.2, 0.25) is 0 Å². The van der Waals surface area contributed by atoms with Gasteiger partial charge in [-0.1, -0.05) is 35.8 Å². The molecular formula is C14H22BrNO2. The van der Waals surface area contributed by atoms with Crippen LogP contribution in [0, 0.1) is 0 Å². The molecule has 4 heteroatoms. The quantitative estimate of drug-likeness (QED) is 0.744. The summed E-state index contributed by atoms with van der Waals surface area (Å²) in [5.41, 5.74) is 1.14. The molecule has 1 atom stereocenters. The van der Waals surface area contributed by atoms with Crippen LogP contribution in [0.25, 0.3) is 0 Å². The van der Waals surface area contributed by atoms with Gasteiger partial charge < -0.3 is 14.8 Å². The van der Waals surface area contributed by atoms with Crippen molar-refractivity contribution in [1.82, 2.24) is 5.32 Å². The van der Waals surface area contributed by atoms with E-state index in [-0.39, 0.29) is 6.04 Å². The minimum absolute atomic E-state index is 0.171. The molecule has 0 fully saturated rings. The lowest BCUT2D eigenvalue weighted by molar-refractivity contribution is 0.111. The van der Waals surface area contributed by atoms with Crippen molar-refractivity contribution >= 4 is 15.9 Å². The molecule has 0 amide bonds. The fourth-order valence-corrected chi connectivity index (χ4v) is 2.16. The molecule has 1 aromatic rings. The van der Waals surface area contributed by atoms with Crippen molar-refractivity contribution in [3.63, 3.8) is 0 Å². The van der Waals surface area contributed by atoms with Gasteiger partial charge in [-0.05, 0) is 25.1 Å². The van der Waals surface area contributed by atoms with Crippen LogP contribution in [-0.4, -0.2) is 26.9 Å². The average molecular weight is 316 g/mol. The Hall–Kier alpha value is -0.580. The number of likely N-dealkylation sites (N-methyl/N-ethyl adjacent to an activating group) is 1. The van der Waals surface area contributed by atoms with Gasteiger partial charge in [-0.3, -0.25) is 0 Å². The Bertz CT molecular complexity index is 358. The first-order valence-corrected chi connectivity index (χ1v) is 7.16. The summed E-state index contributed by atoms with van der Waals surface area (Å²) in [6.07, 6.45) is 1.04. The van der Waals surface area contributed by atoms with Crippen molar-refractivity contribution in [3.8, 4) is 5.75 Å². The Morgan fingerprint density at radius 1 is 1.33 bits per heavy atom. The lowest BCUT2D eigenvalue weighted by atomic mass is 10.1. The summed E-state index contributed by atoms with van der Waals surface area (Å²) < 4.78 is 12.1. The maximum absolute atomic E-state index is 5.65. The van der Waals surface area contributed by atoms with Crippen molar-refractivity contribution in [2.45, 2.75) is 26.3 Å². The number of rotatable bonds is 8. The molecule has 0 aliphatic heterocycles. The van der Waals surface area contributed by atoms with Crippen LogP contribution in [0.3, 0.4) is 0 Å². The van der Waals surface area contributed by atoms with E-state index >= 15 is 0 Å². The van der Waals surface area contributed by atoms with Gasteiger partial charge in [0.25, 0.3) is 0 Å². The Kier molecular flexibility index (Phi) is 7.32. The van der Waals surface area contributed by atoms with Crippen LogP contribution in [0.4, 0.5) is 0 Å². The van der Waals surface area contributed by atoms with Crippen LogP contribution in [0.15, 0.2) is 22.7 Å². The summed E-state index contributed by atoms with van der Waals surface area (Å²) in [4.78, 5) is 0. The fourth-order valence-electron chi connectivity index (χ4n) is 1.82. The Balaban J connectivity index is 2.83. The predicted molar refractivity (Wildman–Crippen MR) is 78.2 cm³/mol. The number of benzene rings is 1. The Morgan fingerprint density at radius 2 is 2.11 bits per heavy atom. The number of methoxy groups -OCH3 is 1. The molecule has 18 heavy (non-hydrogen) atoms. The highest BCUT2D eigenvalue weighted by atomic mass is 79.9. The summed E-state index contributed by atoms with van der Waals surface area (Å²) in [6.45, 7) is 6.57. The van der Waals surface area contributed by atoms with Crippen LogP contribution < -0.4 is 10.1 Å². The van der Waals surface area contributed by atoms with Crippen molar-refractivity contribution < 1.29 is 9.47 Å². The third kappa shape index (κ3) is 4.59. The normalized spacial score (nSPS) is 12.4. The number of nitrogens with one attached hydrogen (secondary N) is 1. The number of hydrogen-bond acceptors (Lipinski definition) is 3. The second-order valence-electron chi connectivity index (χ2n) is 4.07. The third-order valence-electron chi connectivity index (χ3n) is 2.65. The fraction of sp³-hybridized carbons (Fsp3) is 0.571. The molecule has 0 bridgehead atoms. The predicted octanol–water partition coefficient (Wildman–Crippen LogP) is 3.53. The topological polar surface area (TPSA) is 30.5 Å². The minimum atomic E-state index is 0.171. The van der Waals surface area contributed by atoms with Crippen molar-refractivity contribution in [2.24, 2.45) is 0 Å². The van der Waals surface area contributed by atoms with Gasteiger partial charge in [0.2, 0.25) is 0 Å². The van der Waals surface area contributed by atoms with Crippen molar-refractivity contribution in [1.29, 1.82) is 0 Å². The van der Waals surface area contributed by atoms with E-state index in [1.807, 2.05) is 12.1 Å². The van der Waals surface area contributed by atoms with E-state index in [1.165, 1.54) is 0 Å². The summed E-state index contributed by atoms with van der Waals surface area (Å²) in [5.74, 6) is 0.885. The van der Waals surface area contributed by atoms with Gasteiger partial charge in [0.1, 0.15) is 5.75 Å². The molecule has 0 saturated carbocycles. The highest BCUT2D eigenvalue weighted by Gasteiger charge is 2.15. The maximum atomic E-state index is 5.65. The summed E-state index contributed by atoms with van der Waals surface area (Å²) in [6, 6.07) is 6.26. The van der Waals surface area contributed by atoms with E-state index in [2.05, 4.69) is 41.2 Å². The standard InChI is InChI=1S/C14H22BrNO2/c1-4-8-18-10-13(16-5-2)12-7-6-11(15)9-14(12)17-3/h6-7,9,13,16H,4-5,8,10H2,1-3H3. The smallest absolute Gasteiger partial charge is 0.124 e. The number of halogens is 1. The first kappa shape index (κ1) is 15.5. The van der Waals surface area contributed by atoms with Crippen molar-refractivity contribution in [3.05, 3.63) is 28.2 Å². The molecule has 0 radical (unpaired) electrons. The third-order valence-corrected chi connectivity index (χ3v) is 3.15. The van der Waals surface area contributed by atoms with Gasteiger partial charge >= 0.3 is 0 Å². The molecule has 0 heterocycles. The van der Waals surface area contributed by atoms with Gasteiger partial charge in [-0.25, -0.2) is 0 Å². The highest BCUT2D eigenvalue weighted by molar-refractivity contribution is 9.10. The second kappa shape index (κ2) is 8.51. The van der Waals surface area contributed by atoms with E-state index in [9.17, 15) is 0 Å². The molecule has 0 saturated heterocycles. The van der Waals surface area contributed by atoms with Crippen LogP contribution in [-0.2, 0) is 4.74 Å². The maximum Gasteiger partial charge on any atom is 0.124 e. The zero-order valence-corrected chi connectivity index (χ0v) is 12.9. The van der Waals surface area contributed by atoms with Gasteiger partial charge in [0.15, 0.2) is 0 Å². The zero-order valence-electron chi connectivity index (χ0n) is 11.3. The van der Waals surface area contributed by atoms with Gasteiger partial charge in [0.05, 0.1) is 19.8 Å². The number of hydrogen-bond donors (Lipinski definition) is 1. The highest BCUT2D eigenvalue weighted by Crippen LogP contribution is 2.28. The lowest BCUT2D eigenvalue weighted by Crippen LogP contribution is -2.26. The van der Waals surface area contributed by atoms with E-state index in [1.54, 1.807) is 7.11 Å². The van der Waals surface area contributed by atoms with Gasteiger partial charge in [0, 0.05) is 16.6 Å². The van der Waals surface area contributed by atoms with Crippen LogP contribution in [0.5, 0.6) is 5.75 Å². The summed E-state index contributed by atoms with van der Waals surface area (Å²) in [5, 5.41) is 3.43. The van der Waals surface area contributed by atoms with E-state index in [0.29, 0.717) is 6.61 Å². The molecular weight excluding hydrogens is 294 g/mol. The molecule has 1 aromatic carbocycles. The molecule has 1 N–H and O–H groups in total. The summed E-state index contributed by atoms with van der Waals surface area (Å²) in [7, 11) is 1.70. The molecule has 1 rings (SSSR count). The molecule has 0 spiro atoms. The van der Waals surface area contributed by atoms with Crippen LogP contribution in [0.1, 0.15) is 31.9 Å². The molecule has 0 aromatic heterocycles. The van der Waals surface area contributed by atoms with Crippen LogP contribution >= 0.6 is 15.9 Å². The first-order chi connectivity index (χ1) is 8.72. The Morgan fingerprint density at radius 3 is 2.72 bits per heavy atom. The van der Waals surface area contributed by atoms with Gasteiger partial charge in [-0.15, -0.1) is 0 Å². The Labute approximate surface area is 118 Å². The van der Waals surface area contributed by atoms with E-state index in [0.717, 1.165) is 35.4 Å². The summed E-state index contributed by atoms with van der Waals surface area (Å²) >= 11 is 3.46.